The number of nitrogens with one attached hydrogen (secondary N) is 11. The van der Waals surface area contributed by atoms with Gasteiger partial charge in [0.25, 0.3) is 17.7 Å². The number of amides is 3. The van der Waals surface area contributed by atoms with E-state index in [1.54, 1.807) is 69.2 Å². The topological polar surface area (TPSA) is 413 Å². The Kier molecular flexibility index (Phi) is 28.6. The Morgan fingerprint density at radius 3 is 1.09 bits per heavy atom. The molecule has 2 aliphatic rings. The maximum absolute atomic E-state index is 14.2. The summed E-state index contributed by atoms with van der Waals surface area (Å²) in [7, 11) is 3.51. The third-order valence-corrected chi connectivity index (χ3v) is 25.9. The first kappa shape index (κ1) is 97.7. The molecule has 0 radical (unpaired) electrons. The Labute approximate surface area is 858 Å². The van der Waals surface area contributed by atoms with Crippen LogP contribution in [0.4, 0.5) is 67.6 Å². The van der Waals surface area contributed by atoms with Gasteiger partial charge in [-0.2, -0.15) is 25.5 Å². The number of Topliss-reactive ketones (excluding diaryl/α,β-unsaturated/α-hetero) is 2. The number of allylic oxidation sites excluding steroid dienone is 1. The van der Waals surface area contributed by atoms with Gasteiger partial charge >= 0.3 is 0 Å². The maximum Gasteiger partial charge on any atom is 0.254 e. The van der Waals surface area contributed by atoms with E-state index in [0.29, 0.717) is 77.6 Å². The van der Waals surface area contributed by atoms with E-state index in [0.717, 1.165) is 214 Å². The van der Waals surface area contributed by atoms with Crippen LogP contribution in [-0.4, -0.2) is 176 Å². The minimum absolute atomic E-state index is 0.00574. The second kappa shape index (κ2) is 43.8. The molecule has 0 aliphatic carbocycles. The number of nitrogens with zero attached hydrogens (tertiary/aromatic N) is 16. The number of hydrogen-bond acceptors (Lipinski definition) is 24. The van der Waals surface area contributed by atoms with Crippen molar-refractivity contribution in [3.05, 3.63) is 374 Å². The predicted octanol–water partition coefficient (Wildman–Crippen LogP) is 24.7. The number of halogens is 1. The van der Waals surface area contributed by atoms with Gasteiger partial charge in [0.2, 0.25) is 0 Å². The Morgan fingerprint density at radius 1 is 0.367 bits per heavy atom. The molecule has 0 unspecified atom stereocenters. The number of aromatic amines is 5. The van der Waals surface area contributed by atoms with Gasteiger partial charge in [-0.25, -0.2) is 4.39 Å². The van der Waals surface area contributed by atoms with Crippen molar-refractivity contribution in [3.63, 3.8) is 0 Å². The van der Waals surface area contributed by atoms with E-state index < -0.39 is 0 Å². The summed E-state index contributed by atoms with van der Waals surface area (Å²) in [5, 5.41) is 67.1. The van der Waals surface area contributed by atoms with Crippen LogP contribution in [0, 0.1) is 5.82 Å². The number of anilines is 11. The zero-order valence-corrected chi connectivity index (χ0v) is 83.0. The number of ketones is 2. The summed E-state index contributed by atoms with van der Waals surface area (Å²) < 4.78 is 14.2. The highest BCUT2D eigenvalue weighted by molar-refractivity contribution is 6.14. The normalized spacial score (nSPS) is 11.9. The monoisotopic (exact) mass is 1980 g/mol. The maximum atomic E-state index is 14.2. The van der Waals surface area contributed by atoms with Crippen LogP contribution >= 0.6 is 0 Å². The Bertz CT molecular complexity index is 8970. The first-order valence-corrected chi connectivity index (χ1v) is 49.0. The highest BCUT2D eigenvalue weighted by Crippen LogP contribution is 2.37. The van der Waals surface area contributed by atoms with Crippen molar-refractivity contribution >= 4 is 224 Å². The van der Waals surface area contributed by atoms with Gasteiger partial charge in [0.15, 0.2) is 46.5 Å². The van der Waals surface area contributed by atoms with Crippen LogP contribution in [0.2, 0.25) is 0 Å². The number of hydrogen-bond donors (Lipinski definition) is 11. The highest BCUT2D eigenvalue weighted by atomic mass is 19.1. The number of carbonyl (C=O) groups is 5. The van der Waals surface area contributed by atoms with Gasteiger partial charge < -0.3 is 46.6 Å². The molecule has 0 saturated carbocycles. The molecular weight excluding hydrogens is 1880 g/mol. The smallest absolute Gasteiger partial charge is 0.254 e. The molecule has 0 atom stereocenters. The molecule has 23 aromatic rings. The molecule has 11 aromatic carbocycles. The fourth-order valence-electron chi connectivity index (χ4n) is 18.4. The number of fused-ring (bicyclic) bond motifs is 12. The Balaban J connectivity index is 0.000000109. The lowest BCUT2D eigenvalue weighted by Gasteiger charge is -2.19. The summed E-state index contributed by atoms with van der Waals surface area (Å²) in [6.45, 7) is 16.9. The summed E-state index contributed by atoms with van der Waals surface area (Å²) in [4.78, 5) is 102. The molecule has 14 heterocycles. The minimum Gasteiger partial charge on any atom is -0.345 e. The zero-order valence-electron chi connectivity index (χ0n) is 83.0. The number of likely N-dealkylation sites (tertiary alicyclic amines) is 1. The fraction of sp³-hybridized carbons (Fsp3) is 0.128. The Morgan fingerprint density at radius 2 is 0.707 bits per heavy atom. The van der Waals surface area contributed by atoms with Crippen molar-refractivity contribution in [1.82, 2.24) is 101 Å². The number of pyridine rings is 7. The van der Waals surface area contributed by atoms with E-state index in [1.807, 2.05) is 304 Å². The van der Waals surface area contributed by atoms with E-state index in [4.69, 9.17) is 0 Å². The van der Waals surface area contributed by atoms with Gasteiger partial charge in [-0.1, -0.05) is 129 Å². The summed E-state index contributed by atoms with van der Waals surface area (Å²) >= 11 is 0. The van der Waals surface area contributed by atoms with Gasteiger partial charge in [-0.15, -0.1) is 0 Å². The molecule has 0 spiro atoms. The third kappa shape index (κ3) is 21.0. The van der Waals surface area contributed by atoms with E-state index in [-0.39, 0.29) is 35.1 Å². The van der Waals surface area contributed by atoms with Crippen molar-refractivity contribution in [2.75, 3.05) is 72.2 Å². The molecule has 3 amide bonds. The lowest BCUT2D eigenvalue weighted by molar-refractivity contribution is 0.0771. The van der Waals surface area contributed by atoms with Crippen LogP contribution in [0.5, 0.6) is 0 Å². The number of H-pyrrole nitrogens is 5. The summed E-state index contributed by atoms with van der Waals surface area (Å²) in [6, 6.07) is 87.2. The second-order valence-electron chi connectivity index (χ2n) is 36.0. The SMILES string of the molecule is C=C(C)c1ncc(F)c2cc(NC3=NCc4cccnc43)ccc12.CC(=O)c1cccc2cc(Nc3n[nH]c4cccnc34)ccc12.CCC(=O)c1cccc2cc(Nc3n[nH]c4cccnc34)ccc12.CCN(CC)C(=O)c1cccc2cc(Nc3n[nH]c4cccnc34)ccc12.CN(C)C(=O)c1cccc2cc(Nc3n[nH]c4cccnc34)ccc12.O=C(c1cccc2cc(Nc3n[nH]c4cccnc34)ccc12)N1CCCC1. The number of aliphatic imine (C=N–C) groups is 1. The van der Waals surface area contributed by atoms with Crippen molar-refractivity contribution < 1.29 is 28.4 Å². The summed E-state index contributed by atoms with van der Waals surface area (Å²) in [5.74, 6) is 4.18. The Hall–Kier alpha value is -19.7. The van der Waals surface area contributed by atoms with Gasteiger partial charge in [-0.05, 0) is 258 Å². The molecule has 1 fully saturated rings. The van der Waals surface area contributed by atoms with Gasteiger partial charge in [0, 0.05) is 162 Å². The van der Waals surface area contributed by atoms with Crippen LogP contribution in [-0.2, 0) is 6.54 Å². The average Bonchev–Trinajstić information content (AvgIpc) is 0.790. The largest absolute Gasteiger partial charge is 0.345 e. The van der Waals surface area contributed by atoms with Crippen LogP contribution in [0.15, 0.2) is 328 Å². The molecule has 1 saturated heterocycles. The van der Waals surface area contributed by atoms with Gasteiger partial charge in [0.1, 0.15) is 39.1 Å². The molecule has 12 aromatic heterocycles. The van der Waals surface area contributed by atoms with Gasteiger partial charge in [0.05, 0.1) is 46.0 Å². The standard InChI is InChI=1S/C21H19N5O.C21H21N5O.C19H15FN4.C19H17N5O.C19H16N4O.C18H14N4O/c27-21(26-11-1-2-12-26)17-6-3-5-14-13-15(8-9-16(14)17)23-20-19-18(24-25-20)7-4-10-22-19;1-3-26(4-2)21(27)17-8-5-7-14-13-15(10-11-16(14)17)23-20-19-18(24-25-20)9-6-12-22-19;1-11(2)17-14-6-5-13(8-15(14)16(20)10-22-17)24-19-18-12(9-23-19)4-3-7-21-18;1-24(2)19(25)15-6-3-5-12-11-13(8-9-14(12)15)21-18-17-16(22-23-18)7-4-10-20-17;1-2-17(24)15-6-3-5-12-11-13(8-9-14(12)15)21-19-18-16(22-23-19)7-4-10-20-18;1-11(23)14-5-2-4-12-10-13(7-8-15(12)14)20-18-17-16(21-22-18)6-3-9-19-17/h3-10,13H,1-2,11-12H2,(H2,23,24,25);5-13H,3-4H2,1-2H3,(H2,23,24,25);3-8,10H,1,9H2,2H3,(H,23,24);3-11H,1-2H3,(H2,21,22,23);3-11H,2H2,1H3,(H2,21,22,23);2-10H,1H3,(H2,20,21,22). The average molecular weight is 1990 g/mol. The number of carbonyl (C=O) groups excluding carboxylic acids is 5. The lowest BCUT2D eigenvalue weighted by Crippen LogP contribution is -2.30. The molecular formula is C117H102FN27O5. The molecule has 11 N–H and O–H groups in total. The van der Waals surface area contributed by atoms with E-state index in [1.165, 1.54) is 6.20 Å². The van der Waals surface area contributed by atoms with E-state index in [9.17, 15) is 28.4 Å². The van der Waals surface area contributed by atoms with Crippen LogP contribution in [0.1, 0.15) is 123 Å². The molecule has 25 rings (SSSR count). The molecule has 33 heteroatoms. The molecule has 742 valence electrons. The number of benzene rings is 11. The quantitative estimate of drug-likeness (QED) is 0.0316. The van der Waals surface area contributed by atoms with E-state index >= 15 is 0 Å². The van der Waals surface area contributed by atoms with Crippen molar-refractivity contribution in [2.45, 2.75) is 60.4 Å². The van der Waals surface area contributed by atoms with Crippen molar-refractivity contribution in [1.29, 1.82) is 0 Å². The molecule has 2 aliphatic heterocycles. The predicted molar refractivity (Wildman–Crippen MR) is 595 cm³/mol. The van der Waals surface area contributed by atoms with Crippen LogP contribution < -0.4 is 31.9 Å². The van der Waals surface area contributed by atoms with Crippen molar-refractivity contribution in [2.24, 2.45) is 4.99 Å². The van der Waals surface area contributed by atoms with Crippen LogP contribution in [0.25, 0.3) is 125 Å². The number of amidine groups is 1. The summed E-state index contributed by atoms with van der Waals surface area (Å²) in [6.07, 6.45) is 14.4. The molecule has 150 heavy (non-hydrogen) atoms. The van der Waals surface area contributed by atoms with Crippen LogP contribution in [0.3, 0.4) is 0 Å². The lowest BCUT2D eigenvalue weighted by atomic mass is 10.00. The first-order chi connectivity index (χ1) is 73.2. The fourth-order valence-corrected chi connectivity index (χ4v) is 18.4. The van der Waals surface area contributed by atoms with Gasteiger partial charge in [-0.3, -0.25) is 89.3 Å². The first-order valence-electron chi connectivity index (χ1n) is 49.0. The third-order valence-electron chi connectivity index (χ3n) is 25.9. The zero-order chi connectivity index (χ0) is 103. The second-order valence-corrected chi connectivity index (χ2v) is 36.0. The summed E-state index contributed by atoms with van der Waals surface area (Å²) in [5.41, 5.74) is 20.8. The minimum atomic E-state index is -0.356. The van der Waals surface area contributed by atoms with E-state index in [2.05, 4.69) is 129 Å². The molecule has 0 bridgehead atoms. The van der Waals surface area contributed by atoms with Crippen molar-refractivity contribution in [3.8, 4) is 0 Å². The number of aromatic nitrogens is 17. The highest BCUT2D eigenvalue weighted by Gasteiger charge is 2.25. The number of rotatable bonds is 20. The molecule has 32 nitrogen and oxygen atoms in total.